The Labute approximate surface area is 210 Å². The first-order valence-electron chi connectivity index (χ1n) is 12.9. The Morgan fingerprint density at radius 2 is 1.72 bits per heavy atom. The molecule has 36 heavy (non-hydrogen) atoms. The molecule has 0 aliphatic carbocycles. The number of benzene rings is 2. The highest BCUT2D eigenvalue weighted by atomic mass is 19.1. The van der Waals surface area contributed by atoms with Crippen molar-refractivity contribution in [1.82, 2.24) is 14.8 Å². The first kappa shape index (κ1) is 24.7. The Kier molecular flexibility index (Phi) is 7.48. The second-order valence-electron chi connectivity index (χ2n) is 10.0. The number of piperidine rings is 2. The third-order valence-corrected chi connectivity index (χ3v) is 7.95. The lowest BCUT2D eigenvalue weighted by Crippen LogP contribution is -2.50. The fraction of sp³-hybridized carbons (Fsp3) is 0.414. The third-order valence-electron chi connectivity index (χ3n) is 7.95. The predicted molar refractivity (Wildman–Crippen MR) is 137 cm³/mol. The number of aliphatic hydroxyl groups is 1. The number of carbonyl (C=O) groups excluding carboxylic acids is 1. The summed E-state index contributed by atoms with van der Waals surface area (Å²) in [4.78, 5) is 20.2. The molecule has 1 aromatic heterocycles. The normalized spacial score (nSPS) is 19.4. The van der Waals surface area contributed by atoms with Crippen LogP contribution in [0.2, 0.25) is 0 Å². The number of aromatic nitrogens is 1. The summed E-state index contributed by atoms with van der Waals surface area (Å²) < 4.78 is 26.7. The number of carbonyl (C=O) groups is 1. The van der Waals surface area contributed by atoms with Crippen molar-refractivity contribution >= 4 is 22.9 Å². The monoisotopic (exact) mass is 493 g/mol. The topological polar surface area (TPSA) is 59.6 Å². The molecule has 2 N–H and O–H groups in total. The molecule has 1 unspecified atom stereocenters. The molecule has 5 nitrogen and oxygen atoms in total. The number of H-pyrrole nitrogens is 1. The molecule has 0 radical (unpaired) electrons. The van der Waals surface area contributed by atoms with E-state index in [0.717, 1.165) is 44.8 Å². The smallest absolute Gasteiger partial charge is 0.246 e. The van der Waals surface area contributed by atoms with Crippen molar-refractivity contribution in [2.24, 2.45) is 5.92 Å². The van der Waals surface area contributed by atoms with Gasteiger partial charge in [-0.15, -0.1) is 0 Å². The molecule has 2 aliphatic rings. The highest BCUT2D eigenvalue weighted by Gasteiger charge is 2.33. The van der Waals surface area contributed by atoms with Crippen LogP contribution in [0.1, 0.15) is 42.7 Å². The van der Waals surface area contributed by atoms with E-state index in [9.17, 15) is 18.7 Å². The summed E-state index contributed by atoms with van der Waals surface area (Å²) in [5.41, 5.74) is 2.90. The number of likely N-dealkylation sites (tertiary alicyclic amines) is 2. The van der Waals surface area contributed by atoms with E-state index in [1.165, 1.54) is 40.8 Å². The zero-order valence-electron chi connectivity index (χ0n) is 20.4. The number of rotatable bonds is 6. The van der Waals surface area contributed by atoms with Crippen molar-refractivity contribution in [3.05, 3.63) is 77.5 Å². The number of nitrogens with one attached hydrogen (secondary N) is 1. The Morgan fingerprint density at radius 1 is 1.03 bits per heavy atom. The maximum atomic E-state index is 13.4. The number of fused-ring (bicyclic) bond motifs is 1. The van der Waals surface area contributed by atoms with E-state index in [4.69, 9.17) is 0 Å². The van der Waals surface area contributed by atoms with Gasteiger partial charge in [-0.1, -0.05) is 18.2 Å². The molecule has 0 spiro atoms. The minimum absolute atomic E-state index is 0.108. The second-order valence-corrected chi connectivity index (χ2v) is 10.0. The van der Waals surface area contributed by atoms with Gasteiger partial charge in [-0.2, -0.15) is 0 Å². The largest absolute Gasteiger partial charge is 0.395 e. The van der Waals surface area contributed by atoms with Gasteiger partial charge in [0.1, 0.15) is 11.6 Å². The second kappa shape index (κ2) is 10.9. The van der Waals surface area contributed by atoms with Gasteiger partial charge in [-0.05, 0) is 86.0 Å². The Morgan fingerprint density at radius 3 is 2.42 bits per heavy atom. The van der Waals surface area contributed by atoms with Crippen LogP contribution in [-0.2, 0) is 4.79 Å². The van der Waals surface area contributed by atoms with Crippen molar-refractivity contribution in [2.45, 2.75) is 37.6 Å². The van der Waals surface area contributed by atoms with E-state index in [1.807, 2.05) is 0 Å². The van der Waals surface area contributed by atoms with Crippen LogP contribution < -0.4 is 0 Å². The van der Waals surface area contributed by atoms with E-state index in [1.54, 1.807) is 4.90 Å². The van der Waals surface area contributed by atoms with Crippen LogP contribution in [0.4, 0.5) is 8.78 Å². The fourth-order valence-corrected chi connectivity index (χ4v) is 5.99. The highest BCUT2D eigenvalue weighted by molar-refractivity contribution is 5.91. The molecule has 1 atom stereocenters. The van der Waals surface area contributed by atoms with Gasteiger partial charge in [0.05, 0.1) is 6.61 Å². The Bertz CT molecular complexity index is 1200. The van der Waals surface area contributed by atoms with Crippen LogP contribution >= 0.6 is 0 Å². The minimum Gasteiger partial charge on any atom is -0.395 e. The lowest BCUT2D eigenvalue weighted by atomic mass is 9.84. The van der Waals surface area contributed by atoms with E-state index in [2.05, 4.69) is 40.3 Å². The number of hydrogen-bond donors (Lipinski definition) is 2. The summed E-state index contributed by atoms with van der Waals surface area (Å²) in [7, 11) is 0. The van der Waals surface area contributed by atoms with Gasteiger partial charge in [-0.25, -0.2) is 8.78 Å². The zero-order chi connectivity index (χ0) is 25.1. The molecule has 1 amide bonds. The molecular formula is C29H33F2N3O2. The minimum atomic E-state index is -0.663. The molecule has 5 rings (SSSR count). The molecule has 3 aromatic rings. The van der Waals surface area contributed by atoms with Crippen molar-refractivity contribution in [1.29, 1.82) is 0 Å². The molecule has 190 valence electrons. The van der Waals surface area contributed by atoms with Gasteiger partial charge in [-0.3, -0.25) is 9.69 Å². The van der Waals surface area contributed by atoms with Crippen LogP contribution in [0.25, 0.3) is 17.0 Å². The molecule has 7 heteroatoms. The Balaban J connectivity index is 1.14. The van der Waals surface area contributed by atoms with E-state index in [-0.39, 0.29) is 18.6 Å². The standard InChI is InChI=1S/C29H33F2N3O2/c30-23-15-20(16-24(31)17-23)5-6-29(36)34-13-9-22(10-14-34)28(19-35)33-11-7-21(8-12-33)26-18-32-27-4-2-1-3-25(26)27/h1-6,15-18,21-22,28,32,35H,7-14,19H2. The molecule has 3 heterocycles. The lowest BCUT2D eigenvalue weighted by Gasteiger charge is -2.43. The van der Waals surface area contributed by atoms with Crippen LogP contribution in [0.15, 0.2) is 54.7 Å². The van der Waals surface area contributed by atoms with E-state index >= 15 is 0 Å². The van der Waals surface area contributed by atoms with Crippen molar-refractivity contribution < 1.29 is 18.7 Å². The van der Waals surface area contributed by atoms with E-state index in [0.29, 0.717) is 30.5 Å². The van der Waals surface area contributed by atoms with Gasteiger partial charge in [0.25, 0.3) is 0 Å². The van der Waals surface area contributed by atoms with Crippen LogP contribution in [-0.4, -0.2) is 64.6 Å². The summed E-state index contributed by atoms with van der Waals surface area (Å²) in [5, 5.41) is 11.6. The predicted octanol–water partition coefficient (Wildman–Crippen LogP) is 4.94. The summed E-state index contributed by atoms with van der Waals surface area (Å²) in [5.74, 6) is -0.621. The average molecular weight is 494 g/mol. The van der Waals surface area contributed by atoms with Crippen molar-refractivity contribution in [2.75, 3.05) is 32.8 Å². The maximum Gasteiger partial charge on any atom is 0.246 e. The number of aliphatic hydroxyl groups excluding tert-OH is 1. The van der Waals surface area contributed by atoms with Crippen molar-refractivity contribution in [3.63, 3.8) is 0 Å². The lowest BCUT2D eigenvalue weighted by molar-refractivity contribution is -0.127. The molecular weight excluding hydrogens is 460 g/mol. The summed E-state index contributed by atoms with van der Waals surface area (Å²) >= 11 is 0. The summed E-state index contributed by atoms with van der Waals surface area (Å²) in [6, 6.07) is 11.8. The first-order valence-corrected chi connectivity index (χ1v) is 12.9. The average Bonchev–Trinajstić information content (AvgIpc) is 3.32. The molecule has 2 fully saturated rings. The van der Waals surface area contributed by atoms with Gasteiger partial charge in [0, 0.05) is 48.4 Å². The highest BCUT2D eigenvalue weighted by Crippen LogP contribution is 2.35. The molecule has 2 aliphatic heterocycles. The van der Waals surface area contributed by atoms with Gasteiger partial charge >= 0.3 is 0 Å². The summed E-state index contributed by atoms with van der Waals surface area (Å²) in [6.07, 6.45) is 8.80. The fourth-order valence-electron chi connectivity index (χ4n) is 5.99. The SMILES string of the molecule is O=C(C=Cc1cc(F)cc(F)c1)N1CCC(C(CO)N2CCC(c3c[nH]c4ccccc34)CC2)CC1. The van der Waals surface area contributed by atoms with Gasteiger partial charge < -0.3 is 15.0 Å². The number of halogens is 2. The van der Waals surface area contributed by atoms with Crippen molar-refractivity contribution in [3.8, 4) is 0 Å². The van der Waals surface area contributed by atoms with Crippen LogP contribution in [0.3, 0.4) is 0 Å². The maximum absolute atomic E-state index is 13.4. The first-order chi connectivity index (χ1) is 17.5. The van der Waals surface area contributed by atoms with Crippen LogP contribution in [0.5, 0.6) is 0 Å². The zero-order valence-corrected chi connectivity index (χ0v) is 20.4. The van der Waals surface area contributed by atoms with Crippen LogP contribution in [0, 0.1) is 17.6 Å². The molecule has 2 aromatic carbocycles. The van der Waals surface area contributed by atoms with Gasteiger partial charge in [0.15, 0.2) is 0 Å². The third kappa shape index (κ3) is 5.37. The number of aromatic amines is 1. The van der Waals surface area contributed by atoms with E-state index < -0.39 is 11.6 Å². The summed E-state index contributed by atoms with van der Waals surface area (Å²) in [6.45, 7) is 3.28. The quantitative estimate of drug-likeness (QED) is 0.479. The molecule has 0 bridgehead atoms. The number of amides is 1. The number of hydrogen-bond acceptors (Lipinski definition) is 3. The molecule has 2 saturated heterocycles. The number of nitrogens with zero attached hydrogens (tertiary/aromatic N) is 2. The molecule has 0 saturated carbocycles. The Hall–Kier alpha value is -3.03. The van der Waals surface area contributed by atoms with Gasteiger partial charge in [0.2, 0.25) is 5.91 Å². The number of para-hydroxylation sites is 1.